The molecule has 0 aliphatic rings. The third kappa shape index (κ3) is 1.98. The van der Waals surface area contributed by atoms with Crippen LogP contribution in [0.2, 0.25) is 4.47 Å². The zero-order valence-electron chi connectivity index (χ0n) is 7.38. The van der Waals surface area contributed by atoms with Gasteiger partial charge in [0, 0.05) is 11.4 Å². The van der Waals surface area contributed by atoms with Crippen molar-refractivity contribution in [3.05, 3.63) is 44.2 Å². The standard InChI is InChI=1S/C9H5ClN2O2S/c10-9-11-7(5-15-9)6-3-1-2-4-8(6)12(13)14/h1-5H. The highest BCUT2D eigenvalue weighted by molar-refractivity contribution is 7.14. The summed E-state index contributed by atoms with van der Waals surface area (Å²) in [6.45, 7) is 0. The number of nitro benzene ring substituents is 1. The van der Waals surface area contributed by atoms with Crippen LogP contribution in [-0.2, 0) is 0 Å². The molecule has 0 unspecified atom stereocenters. The average molecular weight is 241 g/mol. The van der Waals surface area contributed by atoms with Gasteiger partial charge in [0.05, 0.1) is 16.2 Å². The monoisotopic (exact) mass is 240 g/mol. The molecule has 0 fully saturated rings. The van der Waals surface area contributed by atoms with Gasteiger partial charge in [-0.3, -0.25) is 10.1 Å². The van der Waals surface area contributed by atoms with Gasteiger partial charge in [-0.2, -0.15) is 0 Å². The van der Waals surface area contributed by atoms with Crippen LogP contribution in [0.1, 0.15) is 0 Å². The Morgan fingerprint density at radius 2 is 2.13 bits per heavy atom. The molecule has 0 saturated heterocycles. The van der Waals surface area contributed by atoms with E-state index < -0.39 is 4.92 Å². The van der Waals surface area contributed by atoms with E-state index in [0.29, 0.717) is 15.7 Å². The molecule has 0 atom stereocenters. The van der Waals surface area contributed by atoms with Crippen molar-refractivity contribution in [2.75, 3.05) is 0 Å². The summed E-state index contributed by atoms with van der Waals surface area (Å²) in [5.41, 5.74) is 1.07. The number of nitrogens with zero attached hydrogens (tertiary/aromatic N) is 2. The lowest BCUT2D eigenvalue weighted by Crippen LogP contribution is -1.91. The fourth-order valence-electron chi connectivity index (χ4n) is 1.22. The van der Waals surface area contributed by atoms with Crippen LogP contribution < -0.4 is 0 Å². The number of hydrogen-bond donors (Lipinski definition) is 0. The highest BCUT2D eigenvalue weighted by Gasteiger charge is 2.15. The lowest BCUT2D eigenvalue weighted by Gasteiger charge is -1.97. The number of halogens is 1. The SMILES string of the molecule is O=[N+]([O-])c1ccccc1-c1csc(Cl)n1. The number of thiazole rings is 1. The van der Waals surface area contributed by atoms with Gasteiger partial charge in [0.25, 0.3) is 5.69 Å². The fourth-order valence-corrected chi connectivity index (χ4v) is 1.99. The molecular weight excluding hydrogens is 236 g/mol. The molecule has 0 N–H and O–H groups in total. The number of rotatable bonds is 2. The maximum Gasteiger partial charge on any atom is 0.278 e. The third-order valence-electron chi connectivity index (χ3n) is 1.85. The van der Waals surface area contributed by atoms with Crippen LogP contribution in [0.5, 0.6) is 0 Å². The Hall–Kier alpha value is -1.46. The summed E-state index contributed by atoms with van der Waals surface area (Å²) >= 11 is 6.93. The van der Waals surface area contributed by atoms with Gasteiger partial charge in [0.1, 0.15) is 0 Å². The molecular formula is C9H5ClN2O2S. The van der Waals surface area contributed by atoms with Crippen molar-refractivity contribution >= 4 is 28.6 Å². The van der Waals surface area contributed by atoms with Gasteiger partial charge in [-0.1, -0.05) is 23.7 Å². The van der Waals surface area contributed by atoms with Crippen LogP contribution in [0, 0.1) is 10.1 Å². The van der Waals surface area contributed by atoms with Crippen LogP contribution in [0.15, 0.2) is 29.6 Å². The summed E-state index contributed by atoms with van der Waals surface area (Å²) in [5, 5.41) is 12.4. The minimum absolute atomic E-state index is 0.0412. The summed E-state index contributed by atoms with van der Waals surface area (Å²) in [5.74, 6) is 0. The molecule has 6 heteroatoms. The molecule has 76 valence electrons. The first kappa shape index (κ1) is 10.1. The fraction of sp³-hybridized carbons (Fsp3) is 0. The molecule has 0 spiro atoms. The van der Waals surface area contributed by atoms with Crippen LogP contribution in [0.25, 0.3) is 11.3 Å². The van der Waals surface area contributed by atoms with Crippen molar-refractivity contribution in [1.29, 1.82) is 0 Å². The molecule has 0 aliphatic heterocycles. The number of aromatic nitrogens is 1. The molecule has 0 saturated carbocycles. The number of para-hydroxylation sites is 1. The van der Waals surface area contributed by atoms with E-state index in [1.165, 1.54) is 17.4 Å². The molecule has 2 aromatic rings. The molecule has 1 aromatic carbocycles. The van der Waals surface area contributed by atoms with Crippen molar-refractivity contribution in [3.8, 4) is 11.3 Å². The van der Waals surface area contributed by atoms with E-state index >= 15 is 0 Å². The van der Waals surface area contributed by atoms with Crippen molar-refractivity contribution in [3.63, 3.8) is 0 Å². The lowest BCUT2D eigenvalue weighted by atomic mass is 10.1. The van der Waals surface area contributed by atoms with Gasteiger partial charge in [-0.25, -0.2) is 4.98 Å². The van der Waals surface area contributed by atoms with Crippen molar-refractivity contribution in [1.82, 2.24) is 4.98 Å². The van der Waals surface area contributed by atoms with Crippen LogP contribution in [0.4, 0.5) is 5.69 Å². The summed E-state index contributed by atoms with van der Waals surface area (Å²) in [6.07, 6.45) is 0. The van der Waals surface area contributed by atoms with Gasteiger partial charge < -0.3 is 0 Å². The van der Waals surface area contributed by atoms with Crippen LogP contribution in [-0.4, -0.2) is 9.91 Å². The Kier molecular flexibility index (Phi) is 2.66. The number of hydrogen-bond acceptors (Lipinski definition) is 4. The Morgan fingerprint density at radius 1 is 1.40 bits per heavy atom. The van der Waals surface area contributed by atoms with Crippen molar-refractivity contribution < 1.29 is 4.92 Å². The lowest BCUT2D eigenvalue weighted by molar-refractivity contribution is -0.384. The molecule has 1 aromatic heterocycles. The summed E-state index contributed by atoms with van der Waals surface area (Å²) in [4.78, 5) is 14.3. The minimum Gasteiger partial charge on any atom is -0.258 e. The van der Waals surface area contributed by atoms with E-state index in [1.54, 1.807) is 23.6 Å². The minimum atomic E-state index is -0.428. The van der Waals surface area contributed by atoms with Crippen LogP contribution in [0.3, 0.4) is 0 Å². The van der Waals surface area contributed by atoms with Crippen LogP contribution >= 0.6 is 22.9 Å². The average Bonchev–Trinajstić information content (AvgIpc) is 2.65. The smallest absolute Gasteiger partial charge is 0.258 e. The highest BCUT2D eigenvalue weighted by atomic mass is 35.5. The van der Waals surface area contributed by atoms with Gasteiger partial charge in [0.2, 0.25) is 0 Å². The van der Waals surface area contributed by atoms with E-state index in [9.17, 15) is 10.1 Å². The van der Waals surface area contributed by atoms with Crippen molar-refractivity contribution in [2.45, 2.75) is 0 Å². The highest BCUT2D eigenvalue weighted by Crippen LogP contribution is 2.31. The van der Waals surface area contributed by atoms with Gasteiger partial charge in [-0.15, -0.1) is 11.3 Å². The maximum atomic E-state index is 10.8. The van der Waals surface area contributed by atoms with E-state index in [2.05, 4.69) is 4.98 Å². The number of nitro groups is 1. The third-order valence-corrected chi connectivity index (χ3v) is 2.83. The second-order valence-electron chi connectivity index (χ2n) is 2.76. The predicted octanol–water partition coefficient (Wildman–Crippen LogP) is 3.37. The van der Waals surface area contributed by atoms with Gasteiger partial charge in [-0.05, 0) is 6.07 Å². The summed E-state index contributed by atoms with van der Waals surface area (Å²) in [6, 6.07) is 6.46. The van der Waals surface area contributed by atoms with Crippen molar-refractivity contribution in [2.24, 2.45) is 0 Å². The van der Waals surface area contributed by atoms with Gasteiger partial charge in [0.15, 0.2) is 4.47 Å². The van der Waals surface area contributed by atoms with E-state index in [0.717, 1.165) is 0 Å². The molecule has 4 nitrogen and oxygen atoms in total. The quantitative estimate of drug-likeness (QED) is 0.597. The molecule has 0 aliphatic carbocycles. The summed E-state index contributed by atoms with van der Waals surface area (Å²) in [7, 11) is 0. The Bertz CT molecular complexity index is 512. The zero-order chi connectivity index (χ0) is 10.8. The first-order valence-electron chi connectivity index (χ1n) is 4.03. The molecule has 2 rings (SSSR count). The Morgan fingerprint density at radius 3 is 2.73 bits per heavy atom. The van der Waals surface area contributed by atoms with E-state index in [-0.39, 0.29) is 5.69 Å². The Labute approximate surface area is 94.3 Å². The first-order chi connectivity index (χ1) is 7.18. The largest absolute Gasteiger partial charge is 0.278 e. The summed E-state index contributed by atoms with van der Waals surface area (Å²) < 4.78 is 0.378. The maximum absolute atomic E-state index is 10.8. The molecule has 0 amide bonds. The second kappa shape index (κ2) is 3.96. The molecule has 1 heterocycles. The normalized spacial score (nSPS) is 10.2. The van der Waals surface area contributed by atoms with E-state index in [4.69, 9.17) is 11.6 Å². The zero-order valence-corrected chi connectivity index (χ0v) is 8.96. The molecule has 0 bridgehead atoms. The topological polar surface area (TPSA) is 56.0 Å². The first-order valence-corrected chi connectivity index (χ1v) is 5.29. The van der Waals surface area contributed by atoms with Gasteiger partial charge >= 0.3 is 0 Å². The van der Waals surface area contributed by atoms with E-state index in [1.807, 2.05) is 0 Å². The number of benzene rings is 1. The predicted molar refractivity (Wildman–Crippen MR) is 59.2 cm³/mol. The molecule has 15 heavy (non-hydrogen) atoms. The molecule has 0 radical (unpaired) electrons. The Balaban J connectivity index is 2.57. The second-order valence-corrected chi connectivity index (χ2v) is 4.20.